The lowest BCUT2D eigenvalue weighted by Gasteiger charge is -2.28. The second-order valence-corrected chi connectivity index (χ2v) is 7.38. The summed E-state index contributed by atoms with van der Waals surface area (Å²) in [5.74, 6) is 0.674. The molecular formula is C20H21N5O. The van der Waals surface area contributed by atoms with Crippen molar-refractivity contribution >= 4 is 11.7 Å². The number of benzene rings is 1. The lowest BCUT2D eigenvalue weighted by Crippen LogP contribution is -2.36. The largest absolute Gasteiger partial charge is 0.326 e. The monoisotopic (exact) mass is 347 g/mol. The molecule has 0 aliphatic heterocycles. The molecule has 2 aliphatic carbocycles. The predicted molar refractivity (Wildman–Crippen MR) is 97.0 cm³/mol. The summed E-state index contributed by atoms with van der Waals surface area (Å²) in [4.78, 5) is 24.2. The van der Waals surface area contributed by atoms with E-state index in [1.807, 2.05) is 24.8 Å². The minimum atomic E-state index is -0.0724. The topological polar surface area (TPSA) is 63.4 Å². The van der Waals surface area contributed by atoms with Crippen molar-refractivity contribution in [2.45, 2.75) is 51.6 Å². The molecule has 2 aliphatic rings. The van der Waals surface area contributed by atoms with Crippen LogP contribution in [0.1, 0.15) is 58.4 Å². The maximum atomic E-state index is 13.3. The van der Waals surface area contributed by atoms with E-state index >= 15 is 0 Å². The van der Waals surface area contributed by atoms with Crippen molar-refractivity contribution in [1.29, 1.82) is 0 Å². The van der Waals surface area contributed by atoms with E-state index in [1.165, 1.54) is 11.1 Å². The molecule has 5 rings (SSSR count). The van der Waals surface area contributed by atoms with Crippen LogP contribution >= 0.6 is 0 Å². The van der Waals surface area contributed by atoms with Gasteiger partial charge in [0, 0.05) is 17.4 Å². The summed E-state index contributed by atoms with van der Waals surface area (Å²) in [6.07, 6.45) is 4.13. The highest BCUT2D eigenvalue weighted by atomic mass is 16.2. The van der Waals surface area contributed by atoms with Crippen molar-refractivity contribution in [2.75, 3.05) is 0 Å². The first-order chi connectivity index (χ1) is 12.6. The van der Waals surface area contributed by atoms with E-state index in [4.69, 9.17) is 0 Å². The van der Waals surface area contributed by atoms with Gasteiger partial charge >= 0.3 is 0 Å². The van der Waals surface area contributed by atoms with Gasteiger partial charge in [0.25, 0.3) is 11.7 Å². The van der Waals surface area contributed by atoms with Crippen molar-refractivity contribution in [3.63, 3.8) is 0 Å². The van der Waals surface area contributed by atoms with Crippen LogP contribution in [0.5, 0.6) is 0 Å². The van der Waals surface area contributed by atoms with Crippen LogP contribution in [0.4, 0.5) is 0 Å². The molecule has 0 bridgehead atoms. The van der Waals surface area contributed by atoms with Gasteiger partial charge in [-0.3, -0.25) is 4.79 Å². The second kappa shape index (κ2) is 5.62. The van der Waals surface area contributed by atoms with Crippen molar-refractivity contribution in [3.8, 4) is 0 Å². The predicted octanol–water partition coefficient (Wildman–Crippen LogP) is 3.03. The summed E-state index contributed by atoms with van der Waals surface area (Å²) < 4.78 is 1.66. The third kappa shape index (κ3) is 2.40. The lowest BCUT2D eigenvalue weighted by molar-refractivity contribution is 0.0645. The Morgan fingerprint density at radius 1 is 1.15 bits per heavy atom. The van der Waals surface area contributed by atoms with Gasteiger partial charge < -0.3 is 4.90 Å². The van der Waals surface area contributed by atoms with Gasteiger partial charge in [-0.2, -0.15) is 4.98 Å². The van der Waals surface area contributed by atoms with Crippen LogP contribution in [-0.4, -0.2) is 36.4 Å². The van der Waals surface area contributed by atoms with Crippen molar-refractivity contribution in [2.24, 2.45) is 0 Å². The van der Waals surface area contributed by atoms with E-state index < -0.39 is 0 Å². The van der Waals surface area contributed by atoms with Crippen molar-refractivity contribution in [3.05, 3.63) is 58.7 Å². The number of carbonyl (C=O) groups is 1. The highest BCUT2D eigenvalue weighted by Crippen LogP contribution is 2.42. The van der Waals surface area contributed by atoms with Gasteiger partial charge in [0.05, 0.1) is 6.04 Å². The first kappa shape index (κ1) is 15.5. The molecule has 0 unspecified atom stereocenters. The van der Waals surface area contributed by atoms with E-state index in [9.17, 15) is 4.79 Å². The molecule has 0 spiro atoms. The molecule has 6 heteroatoms. The van der Waals surface area contributed by atoms with Crippen LogP contribution in [0, 0.1) is 13.8 Å². The Labute approximate surface area is 151 Å². The molecule has 0 saturated heterocycles. The maximum absolute atomic E-state index is 13.3. The SMILES string of the molecule is Cc1cc(C)n2nc(C(=O)N(C3CC3)[C@H]3CCc4ccccc43)nc2n1. The van der Waals surface area contributed by atoms with Crippen LogP contribution in [0.2, 0.25) is 0 Å². The molecule has 3 aromatic rings. The maximum Gasteiger partial charge on any atom is 0.294 e. The summed E-state index contributed by atoms with van der Waals surface area (Å²) in [7, 11) is 0. The minimum Gasteiger partial charge on any atom is -0.326 e. The highest BCUT2D eigenvalue weighted by Gasteiger charge is 2.41. The quantitative estimate of drug-likeness (QED) is 0.730. The van der Waals surface area contributed by atoms with E-state index in [-0.39, 0.29) is 17.8 Å². The molecule has 26 heavy (non-hydrogen) atoms. The summed E-state index contributed by atoms with van der Waals surface area (Å²) in [6.45, 7) is 3.88. The number of nitrogens with zero attached hydrogens (tertiary/aromatic N) is 5. The number of amides is 1. The summed E-state index contributed by atoms with van der Waals surface area (Å²) in [5, 5.41) is 4.46. The molecule has 1 aromatic carbocycles. The number of fused-ring (bicyclic) bond motifs is 2. The number of aromatic nitrogens is 4. The van der Waals surface area contributed by atoms with Gasteiger partial charge in [-0.05, 0) is 56.7 Å². The number of hydrogen-bond acceptors (Lipinski definition) is 4. The fourth-order valence-corrected chi connectivity index (χ4v) is 4.11. The average Bonchev–Trinajstić information content (AvgIpc) is 3.21. The zero-order chi connectivity index (χ0) is 17.8. The van der Waals surface area contributed by atoms with E-state index in [2.05, 4.69) is 39.3 Å². The van der Waals surface area contributed by atoms with Crippen LogP contribution in [-0.2, 0) is 6.42 Å². The molecule has 1 amide bonds. The van der Waals surface area contributed by atoms with Crippen LogP contribution < -0.4 is 0 Å². The Morgan fingerprint density at radius 2 is 1.96 bits per heavy atom. The molecule has 2 aromatic heterocycles. The molecule has 0 radical (unpaired) electrons. The normalized spacial score (nSPS) is 18.9. The Kier molecular flexibility index (Phi) is 3.35. The lowest BCUT2D eigenvalue weighted by atomic mass is 10.1. The fraction of sp³-hybridized carbons (Fsp3) is 0.400. The van der Waals surface area contributed by atoms with Crippen LogP contribution in [0.25, 0.3) is 5.78 Å². The molecular weight excluding hydrogens is 326 g/mol. The third-order valence-electron chi connectivity index (χ3n) is 5.42. The van der Waals surface area contributed by atoms with Crippen LogP contribution in [0.15, 0.2) is 30.3 Å². The van der Waals surface area contributed by atoms with Gasteiger partial charge in [-0.25, -0.2) is 9.50 Å². The smallest absolute Gasteiger partial charge is 0.294 e. The number of hydrogen-bond donors (Lipinski definition) is 0. The molecule has 1 saturated carbocycles. The molecule has 6 nitrogen and oxygen atoms in total. The summed E-state index contributed by atoms with van der Waals surface area (Å²) in [6, 6.07) is 10.8. The van der Waals surface area contributed by atoms with E-state index in [0.29, 0.717) is 11.8 Å². The van der Waals surface area contributed by atoms with E-state index in [1.54, 1.807) is 4.52 Å². The second-order valence-electron chi connectivity index (χ2n) is 7.38. The first-order valence-corrected chi connectivity index (χ1v) is 9.23. The highest BCUT2D eigenvalue weighted by molar-refractivity contribution is 5.91. The van der Waals surface area contributed by atoms with Crippen LogP contribution in [0.3, 0.4) is 0 Å². The third-order valence-corrected chi connectivity index (χ3v) is 5.42. The number of aryl methyl sites for hydroxylation is 3. The van der Waals surface area contributed by atoms with Gasteiger partial charge in [0.2, 0.25) is 5.82 Å². The standard InChI is InChI=1S/C20H21N5O/c1-12-11-13(2)25-20(21-12)22-18(23-25)19(26)24(15-8-9-15)17-10-7-14-5-3-4-6-16(14)17/h3-6,11,15,17H,7-10H2,1-2H3/t17-/m0/s1. The van der Waals surface area contributed by atoms with Crippen molar-refractivity contribution in [1.82, 2.24) is 24.5 Å². The molecule has 1 fully saturated rings. The summed E-state index contributed by atoms with van der Waals surface area (Å²) in [5.41, 5.74) is 4.45. The Hall–Kier alpha value is -2.76. The van der Waals surface area contributed by atoms with Crippen molar-refractivity contribution < 1.29 is 4.79 Å². The molecule has 2 heterocycles. The Morgan fingerprint density at radius 3 is 2.77 bits per heavy atom. The molecule has 1 atom stereocenters. The Balaban J connectivity index is 1.55. The minimum absolute atomic E-state index is 0.0724. The van der Waals surface area contributed by atoms with E-state index in [0.717, 1.165) is 37.1 Å². The average molecular weight is 347 g/mol. The summed E-state index contributed by atoms with van der Waals surface area (Å²) >= 11 is 0. The first-order valence-electron chi connectivity index (χ1n) is 9.23. The molecule has 0 N–H and O–H groups in total. The van der Waals surface area contributed by atoms with Gasteiger partial charge in [0.1, 0.15) is 0 Å². The zero-order valence-corrected chi connectivity index (χ0v) is 15.0. The van der Waals surface area contributed by atoms with Gasteiger partial charge in [-0.15, -0.1) is 5.10 Å². The van der Waals surface area contributed by atoms with Gasteiger partial charge in [0.15, 0.2) is 0 Å². The van der Waals surface area contributed by atoms with Gasteiger partial charge in [-0.1, -0.05) is 24.3 Å². The number of carbonyl (C=O) groups excluding carboxylic acids is 1. The zero-order valence-electron chi connectivity index (χ0n) is 15.0. The Bertz CT molecular complexity index is 1020. The fourth-order valence-electron chi connectivity index (χ4n) is 4.11. The molecule has 132 valence electrons. The number of rotatable bonds is 3.